The van der Waals surface area contributed by atoms with Gasteiger partial charge >= 0.3 is 12.2 Å². The SMILES string of the molecule is CC(C)(C)OC(=O)N1C[C@@H]2CC[C@@H](C1)C2N.CC(C)(C)OC(=O)N1C[C@H]2CC[C@H](C1)C2N. The number of piperidine rings is 2. The van der Waals surface area contributed by atoms with E-state index in [1.54, 1.807) is 0 Å². The predicted octanol–water partition coefficient (Wildman–Crippen LogP) is 3.18. The van der Waals surface area contributed by atoms with Crippen LogP contribution in [-0.4, -0.2) is 71.5 Å². The van der Waals surface area contributed by atoms with Gasteiger partial charge in [0, 0.05) is 38.3 Å². The highest BCUT2D eigenvalue weighted by Crippen LogP contribution is 2.37. The molecule has 8 nitrogen and oxygen atoms in total. The number of ether oxygens (including phenoxy) is 2. The molecule has 4 bridgehead atoms. The molecule has 0 unspecified atom stereocenters. The molecule has 2 heterocycles. The van der Waals surface area contributed by atoms with Crippen molar-refractivity contribution < 1.29 is 19.1 Å². The first-order valence-electron chi connectivity index (χ1n) is 12.2. The van der Waals surface area contributed by atoms with E-state index in [4.69, 9.17) is 20.9 Å². The van der Waals surface area contributed by atoms with Crippen LogP contribution in [0.15, 0.2) is 0 Å². The number of nitrogens with two attached hydrogens (primary N) is 2. The number of carbonyl (C=O) groups is 2. The summed E-state index contributed by atoms with van der Waals surface area (Å²) in [6.45, 7) is 14.5. The van der Waals surface area contributed by atoms with E-state index in [9.17, 15) is 9.59 Å². The van der Waals surface area contributed by atoms with Crippen LogP contribution in [-0.2, 0) is 9.47 Å². The molecule has 0 aromatic rings. The number of hydrogen-bond donors (Lipinski definition) is 2. The molecule has 0 aromatic carbocycles. The number of carbonyl (C=O) groups excluding carboxylic acids is 2. The Kier molecular flexibility index (Phi) is 7.35. The van der Waals surface area contributed by atoms with E-state index >= 15 is 0 Å². The molecule has 184 valence electrons. The average molecular weight is 453 g/mol. The molecule has 2 amide bonds. The van der Waals surface area contributed by atoms with Crippen molar-refractivity contribution in [2.45, 2.75) is 90.5 Å². The summed E-state index contributed by atoms with van der Waals surface area (Å²) < 4.78 is 10.8. The molecule has 8 heteroatoms. The molecule has 0 spiro atoms. The maximum atomic E-state index is 11.9. The Morgan fingerprint density at radius 2 is 0.875 bits per heavy atom. The second-order valence-corrected chi connectivity index (χ2v) is 12.1. The van der Waals surface area contributed by atoms with Gasteiger partial charge in [0.1, 0.15) is 11.2 Å². The largest absolute Gasteiger partial charge is 0.444 e. The summed E-state index contributed by atoms with van der Waals surface area (Å²) in [5, 5.41) is 0. The van der Waals surface area contributed by atoms with E-state index < -0.39 is 11.2 Å². The number of fused-ring (bicyclic) bond motifs is 4. The lowest BCUT2D eigenvalue weighted by molar-refractivity contribution is 0.0124. The van der Waals surface area contributed by atoms with E-state index in [2.05, 4.69) is 0 Å². The standard InChI is InChI=1S/2C12H22N2O2/c2*1-12(2,3)16-11(15)14-6-8-4-5-9(7-14)10(8)13/h2*8-10H,4-7,13H2,1-3H3/t2*8-,9-/m10/s1. The van der Waals surface area contributed by atoms with E-state index in [1.807, 2.05) is 51.3 Å². The zero-order valence-corrected chi connectivity index (χ0v) is 20.8. The highest BCUT2D eigenvalue weighted by Gasteiger charge is 2.43. The number of likely N-dealkylation sites (tertiary alicyclic amines) is 2. The average Bonchev–Trinajstić information content (AvgIpc) is 3.00. The maximum absolute atomic E-state index is 11.9. The van der Waals surface area contributed by atoms with Crippen LogP contribution in [0, 0.1) is 23.7 Å². The fraction of sp³-hybridized carbons (Fsp3) is 0.917. The summed E-state index contributed by atoms with van der Waals surface area (Å²) in [6, 6.07) is 0.581. The molecular weight excluding hydrogens is 408 g/mol. The second-order valence-electron chi connectivity index (χ2n) is 12.1. The molecule has 2 aliphatic heterocycles. The van der Waals surface area contributed by atoms with Crippen LogP contribution in [0.2, 0.25) is 0 Å². The van der Waals surface area contributed by atoms with Gasteiger partial charge in [0.2, 0.25) is 0 Å². The third-order valence-electron chi connectivity index (χ3n) is 7.12. The van der Waals surface area contributed by atoms with Crippen molar-refractivity contribution in [2.75, 3.05) is 26.2 Å². The van der Waals surface area contributed by atoms with Gasteiger partial charge in [-0.25, -0.2) is 9.59 Å². The van der Waals surface area contributed by atoms with Crippen LogP contribution < -0.4 is 11.5 Å². The second kappa shape index (κ2) is 9.37. The molecule has 2 saturated carbocycles. The maximum Gasteiger partial charge on any atom is 0.410 e. The number of amides is 2. The van der Waals surface area contributed by atoms with Gasteiger partial charge in [0.25, 0.3) is 0 Å². The third kappa shape index (κ3) is 6.28. The monoisotopic (exact) mass is 452 g/mol. The minimum atomic E-state index is -0.407. The smallest absolute Gasteiger partial charge is 0.410 e. The molecule has 0 radical (unpaired) electrons. The van der Waals surface area contributed by atoms with Crippen LogP contribution in [0.3, 0.4) is 0 Å². The van der Waals surface area contributed by atoms with Crippen molar-refractivity contribution in [1.29, 1.82) is 0 Å². The third-order valence-corrected chi connectivity index (χ3v) is 7.12. The highest BCUT2D eigenvalue weighted by atomic mass is 16.6. The lowest BCUT2D eigenvalue weighted by Crippen LogP contribution is -2.51. The Balaban J connectivity index is 0.000000181. The van der Waals surface area contributed by atoms with E-state index in [0.29, 0.717) is 35.8 Å². The Morgan fingerprint density at radius 1 is 0.625 bits per heavy atom. The van der Waals surface area contributed by atoms with Gasteiger partial charge in [0.15, 0.2) is 0 Å². The molecule has 2 saturated heterocycles. The zero-order chi connectivity index (χ0) is 23.8. The van der Waals surface area contributed by atoms with Gasteiger partial charge in [-0.2, -0.15) is 0 Å². The number of nitrogens with zero attached hydrogens (tertiary/aromatic N) is 2. The minimum Gasteiger partial charge on any atom is -0.444 e. The lowest BCUT2D eigenvalue weighted by atomic mass is 9.93. The minimum absolute atomic E-state index is 0.184. The summed E-state index contributed by atoms with van der Waals surface area (Å²) in [7, 11) is 0. The van der Waals surface area contributed by atoms with Crippen molar-refractivity contribution in [3.8, 4) is 0 Å². The Morgan fingerprint density at radius 3 is 1.09 bits per heavy atom. The fourth-order valence-corrected chi connectivity index (χ4v) is 5.48. The first kappa shape index (κ1) is 25.1. The molecule has 32 heavy (non-hydrogen) atoms. The van der Waals surface area contributed by atoms with Crippen LogP contribution in [0.25, 0.3) is 0 Å². The molecule has 2 aliphatic carbocycles. The topological polar surface area (TPSA) is 111 Å². The summed E-state index contributed by atoms with van der Waals surface area (Å²) in [4.78, 5) is 27.5. The van der Waals surface area contributed by atoms with Gasteiger partial charge in [-0.3, -0.25) is 0 Å². The van der Waals surface area contributed by atoms with Crippen LogP contribution in [0.1, 0.15) is 67.2 Å². The van der Waals surface area contributed by atoms with E-state index in [1.165, 1.54) is 0 Å². The molecular formula is C24H44N4O4. The summed E-state index contributed by atoms with van der Waals surface area (Å²) in [5.74, 6) is 1.91. The Labute approximate surface area is 193 Å². The Hall–Kier alpha value is -1.54. The van der Waals surface area contributed by atoms with E-state index in [0.717, 1.165) is 51.9 Å². The lowest BCUT2D eigenvalue weighted by Gasteiger charge is -2.36. The van der Waals surface area contributed by atoms with Crippen molar-refractivity contribution in [3.05, 3.63) is 0 Å². The van der Waals surface area contributed by atoms with Crippen LogP contribution >= 0.6 is 0 Å². The van der Waals surface area contributed by atoms with Crippen molar-refractivity contribution in [3.63, 3.8) is 0 Å². The first-order chi connectivity index (χ1) is 14.7. The fourth-order valence-electron chi connectivity index (χ4n) is 5.48. The number of hydrogen-bond acceptors (Lipinski definition) is 6. The molecule has 4 atom stereocenters. The van der Waals surface area contributed by atoms with Gasteiger partial charge in [-0.15, -0.1) is 0 Å². The van der Waals surface area contributed by atoms with Crippen LogP contribution in [0.4, 0.5) is 9.59 Å². The van der Waals surface area contributed by atoms with Gasteiger partial charge in [-0.1, -0.05) is 0 Å². The van der Waals surface area contributed by atoms with Gasteiger partial charge < -0.3 is 30.7 Å². The first-order valence-corrected chi connectivity index (χ1v) is 12.2. The van der Waals surface area contributed by atoms with Crippen LogP contribution in [0.5, 0.6) is 0 Å². The van der Waals surface area contributed by atoms with E-state index in [-0.39, 0.29) is 12.2 Å². The molecule has 4 rings (SSSR count). The normalized spacial score (nSPS) is 34.0. The summed E-state index contributed by atoms with van der Waals surface area (Å²) >= 11 is 0. The summed E-state index contributed by atoms with van der Waals surface area (Å²) in [5.41, 5.74) is 11.4. The van der Waals surface area contributed by atoms with Crippen molar-refractivity contribution in [1.82, 2.24) is 9.80 Å². The van der Waals surface area contributed by atoms with Crippen molar-refractivity contribution >= 4 is 12.2 Å². The highest BCUT2D eigenvalue weighted by molar-refractivity contribution is 5.69. The molecule has 4 fully saturated rings. The van der Waals surface area contributed by atoms with Gasteiger partial charge in [0.05, 0.1) is 0 Å². The quantitative estimate of drug-likeness (QED) is 0.584. The number of rotatable bonds is 0. The van der Waals surface area contributed by atoms with Crippen molar-refractivity contribution in [2.24, 2.45) is 35.1 Å². The predicted molar refractivity (Wildman–Crippen MR) is 124 cm³/mol. The Bertz CT molecular complexity index is 600. The molecule has 0 aromatic heterocycles. The zero-order valence-electron chi connectivity index (χ0n) is 20.8. The van der Waals surface area contributed by atoms with Gasteiger partial charge in [-0.05, 0) is 90.9 Å². The molecule has 4 aliphatic rings. The summed E-state index contributed by atoms with van der Waals surface area (Å²) in [6.07, 6.45) is 4.26. The molecule has 4 N–H and O–H groups in total.